The lowest BCUT2D eigenvalue weighted by atomic mass is 10.2. The predicted molar refractivity (Wildman–Crippen MR) is 68.9 cm³/mol. The van der Waals surface area contributed by atoms with E-state index in [1.54, 1.807) is 0 Å². The van der Waals surface area contributed by atoms with Crippen molar-refractivity contribution in [3.05, 3.63) is 34.5 Å². The third-order valence-electron chi connectivity index (χ3n) is 2.83. The minimum absolute atomic E-state index is 0.884. The van der Waals surface area contributed by atoms with Crippen LogP contribution in [0.3, 0.4) is 0 Å². The van der Waals surface area contributed by atoms with Crippen molar-refractivity contribution >= 4 is 11.3 Å². The van der Waals surface area contributed by atoms with Crippen LogP contribution in [0.5, 0.6) is 0 Å². The molecule has 0 atom stereocenters. The van der Waals surface area contributed by atoms with Crippen LogP contribution in [0.2, 0.25) is 0 Å². The lowest BCUT2D eigenvalue weighted by Gasteiger charge is -2.25. The molecule has 1 saturated heterocycles. The van der Waals surface area contributed by atoms with Gasteiger partial charge in [0.15, 0.2) is 0 Å². The van der Waals surface area contributed by atoms with E-state index in [4.69, 9.17) is 4.74 Å². The summed E-state index contributed by atoms with van der Waals surface area (Å²) < 4.78 is 5.35. The Labute approximate surface area is 102 Å². The minimum atomic E-state index is 0.884. The summed E-state index contributed by atoms with van der Waals surface area (Å²) in [5.41, 5.74) is 1.45. The average molecular weight is 237 g/mol. The fourth-order valence-corrected chi connectivity index (χ4v) is 2.85. The second-order valence-corrected chi connectivity index (χ2v) is 5.13. The molecule has 0 bridgehead atoms. The Balaban J connectivity index is 1.83. The van der Waals surface area contributed by atoms with Gasteiger partial charge in [-0.05, 0) is 29.9 Å². The zero-order chi connectivity index (χ0) is 11.2. The molecular formula is C13H19NOS. The summed E-state index contributed by atoms with van der Waals surface area (Å²) >= 11 is 1.88. The van der Waals surface area contributed by atoms with Crippen LogP contribution in [0.15, 0.2) is 24.1 Å². The number of morpholine rings is 1. The van der Waals surface area contributed by atoms with E-state index in [1.807, 2.05) is 17.4 Å². The van der Waals surface area contributed by atoms with Gasteiger partial charge in [0.2, 0.25) is 0 Å². The lowest BCUT2D eigenvalue weighted by Crippen LogP contribution is -2.35. The molecule has 0 unspecified atom stereocenters. The van der Waals surface area contributed by atoms with E-state index < -0.39 is 0 Å². The third kappa shape index (κ3) is 3.44. The van der Waals surface area contributed by atoms with Crippen LogP contribution in [0.1, 0.15) is 16.9 Å². The summed E-state index contributed by atoms with van der Waals surface area (Å²) in [5, 5.41) is 2.28. The molecule has 1 aliphatic rings. The molecule has 1 fully saturated rings. The maximum Gasteiger partial charge on any atom is 0.0594 e. The van der Waals surface area contributed by atoms with Crippen molar-refractivity contribution in [2.45, 2.75) is 19.4 Å². The first-order valence-electron chi connectivity index (χ1n) is 5.86. The van der Waals surface area contributed by atoms with E-state index in [1.165, 1.54) is 10.4 Å². The fourth-order valence-electron chi connectivity index (χ4n) is 1.89. The molecular weight excluding hydrogens is 218 g/mol. The van der Waals surface area contributed by atoms with E-state index in [0.717, 1.165) is 45.7 Å². The van der Waals surface area contributed by atoms with Gasteiger partial charge in [-0.1, -0.05) is 6.08 Å². The van der Waals surface area contributed by atoms with Gasteiger partial charge in [0.05, 0.1) is 13.2 Å². The molecule has 0 radical (unpaired) electrons. The van der Waals surface area contributed by atoms with Crippen LogP contribution < -0.4 is 0 Å². The highest BCUT2D eigenvalue weighted by Gasteiger charge is 2.11. The molecule has 1 aromatic heterocycles. The highest BCUT2D eigenvalue weighted by atomic mass is 32.1. The molecule has 16 heavy (non-hydrogen) atoms. The Morgan fingerprint density at radius 1 is 1.44 bits per heavy atom. The number of nitrogens with zero attached hydrogens (tertiary/aromatic N) is 1. The van der Waals surface area contributed by atoms with Gasteiger partial charge in [0, 0.05) is 24.5 Å². The molecule has 0 amide bonds. The van der Waals surface area contributed by atoms with E-state index >= 15 is 0 Å². The molecule has 2 nitrogen and oxygen atoms in total. The number of thiophene rings is 1. The van der Waals surface area contributed by atoms with Gasteiger partial charge in [-0.15, -0.1) is 17.9 Å². The quantitative estimate of drug-likeness (QED) is 0.730. The van der Waals surface area contributed by atoms with Crippen LogP contribution in [0.25, 0.3) is 0 Å². The SMILES string of the molecule is C=CCCc1csc(CN2CCOCC2)c1. The number of hydrogen-bond donors (Lipinski definition) is 0. The number of rotatable bonds is 5. The third-order valence-corrected chi connectivity index (χ3v) is 3.80. The molecule has 2 rings (SSSR count). The first-order chi connectivity index (χ1) is 7.88. The number of allylic oxidation sites excluding steroid dienone is 1. The molecule has 2 heterocycles. The van der Waals surface area contributed by atoms with Gasteiger partial charge in [-0.2, -0.15) is 0 Å². The normalized spacial score (nSPS) is 17.5. The van der Waals surface area contributed by atoms with Crippen molar-refractivity contribution in [3.8, 4) is 0 Å². The summed E-state index contributed by atoms with van der Waals surface area (Å²) in [7, 11) is 0. The second-order valence-electron chi connectivity index (χ2n) is 4.14. The van der Waals surface area contributed by atoms with Crippen molar-refractivity contribution in [2.75, 3.05) is 26.3 Å². The van der Waals surface area contributed by atoms with Crippen molar-refractivity contribution in [2.24, 2.45) is 0 Å². The molecule has 0 aliphatic carbocycles. The molecule has 1 aromatic rings. The van der Waals surface area contributed by atoms with E-state index in [2.05, 4.69) is 22.9 Å². The lowest BCUT2D eigenvalue weighted by molar-refractivity contribution is 0.0346. The minimum Gasteiger partial charge on any atom is -0.379 e. The monoisotopic (exact) mass is 237 g/mol. The number of aryl methyl sites for hydroxylation is 1. The first-order valence-corrected chi connectivity index (χ1v) is 6.74. The number of ether oxygens (including phenoxy) is 1. The van der Waals surface area contributed by atoms with Crippen LogP contribution >= 0.6 is 11.3 Å². The largest absolute Gasteiger partial charge is 0.379 e. The summed E-state index contributed by atoms with van der Waals surface area (Å²) in [5.74, 6) is 0. The van der Waals surface area contributed by atoms with Crippen molar-refractivity contribution in [1.29, 1.82) is 0 Å². The Morgan fingerprint density at radius 3 is 3.00 bits per heavy atom. The molecule has 1 aliphatic heterocycles. The van der Waals surface area contributed by atoms with Crippen molar-refractivity contribution < 1.29 is 4.74 Å². The predicted octanol–water partition coefficient (Wildman–Crippen LogP) is 2.70. The number of hydrogen-bond acceptors (Lipinski definition) is 3. The Morgan fingerprint density at radius 2 is 2.25 bits per heavy atom. The maximum atomic E-state index is 5.35. The van der Waals surface area contributed by atoms with Gasteiger partial charge < -0.3 is 4.74 Å². The van der Waals surface area contributed by atoms with Gasteiger partial charge in [-0.25, -0.2) is 0 Å². The van der Waals surface area contributed by atoms with Crippen LogP contribution in [-0.2, 0) is 17.7 Å². The van der Waals surface area contributed by atoms with Crippen molar-refractivity contribution in [1.82, 2.24) is 4.90 Å². The highest BCUT2D eigenvalue weighted by Crippen LogP contribution is 2.18. The Hall–Kier alpha value is -0.640. The van der Waals surface area contributed by atoms with Gasteiger partial charge in [-0.3, -0.25) is 4.90 Å². The Bertz CT molecular complexity index is 328. The van der Waals surface area contributed by atoms with Gasteiger partial charge in [0.1, 0.15) is 0 Å². The Kier molecular flexibility index (Phi) is 4.57. The summed E-state index contributed by atoms with van der Waals surface area (Å²) in [6.07, 6.45) is 4.19. The average Bonchev–Trinajstić information content (AvgIpc) is 2.75. The topological polar surface area (TPSA) is 12.5 Å². The summed E-state index contributed by atoms with van der Waals surface area (Å²) in [4.78, 5) is 3.94. The summed E-state index contributed by atoms with van der Waals surface area (Å²) in [6, 6.07) is 2.34. The smallest absolute Gasteiger partial charge is 0.0594 e. The molecule has 0 N–H and O–H groups in total. The second kappa shape index (κ2) is 6.18. The van der Waals surface area contributed by atoms with Crippen LogP contribution in [0, 0.1) is 0 Å². The van der Waals surface area contributed by atoms with Crippen LogP contribution in [0.4, 0.5) is 0 Å². The van der Waals surface area contributed by atoms with E-state index in [-0.39, 0.29) is 0 Å². The molecule has 88 valence electrons. The van der Waals surface area contributed by atoms with Gasteiger partial charge in [0.25, 0.3) is 0 Å². The molecule has 0 aromatic carbocycles. The van der Waals surface area contributed by atoms with Crippen molar-refractivity contribution in [3.63, 3.8) is 0 Å². The molecule has 0 saturated carbocycles. The first kappa shape index (κ1) is 11.8. The zero-order valence-corrected chi connectivity index (χ0v) is 10.5. The highest BCUT2D eigenvalue weighted by molar-refractivity contribution is 7.10. The van der Waals surface area contributed by atoms with E-state index in [0.29, 0.717) is 0 Å². The standard InChI is InChI=1S/C13H19NOS/c1-2-3-4-12-9-13(16-11-12)10-14-5-7-15-8-6-14/h2,9,11H,1,3-8,10H2. The fraction of sp³-hybridized carbons (Fsp3) is 0.538. The molecule has 0 spiro atoms. The zero-order valence-electron chi connectivity index (χ0n) is 9.65. The van der Waals surface area contributed by atoms with Crippen LogP contribution in [-0.4, -0.2) is 31.2 Å². The van der Waals surface area contributed by atoms with E-state index in [9.17, 15) is 0 Å². The summed E-state index contributed by atoms with van der Waals surface area (Å²) in [6.45, 7) is 8.75. The molecule has 3 heteroatoms. The maximum absolute atomic E-state index is 5.35. The van der Waals surface area contributed by atoms with Gasteiger partial charge >= 0.3 is 0 Å².